The maximum atomic E-state index is 12.1. The molecule has 2 aliphatic rings. The zero-order chi connectivity index (χ0) is 12.0. The van der Waals surface area contributed by atoms with E-state index in [-0.39, 0.29) is 11.9 Å². The third-order valence-corrected chi connectivity index (χ3v) is 3.99. The van der Waals surface area contributed by atoms with Gasteiger partial charge in [-0.2, -0.15) is 0 Å². The molecule has 17 heavy (non-hydrogen) atoms. The topological polar surface area (TPSA) is 41.1 Å². The van der Waals surface area contributed by atoms with Crippen molar-refractivity contribution in [2.75, 3.05) is 13.1 Å². The van der Waals surface area contributed by atoms with Crippen LogP contribution in [0.2, 0.25) is 0 Å². The Balaban J connectivity index is 2.17. The van der Waals surface area contributed by atoms with Crippen molar-refractivity contribution >= 4 is 5.91 Å². The lowest BCUT2D eigenvalue weighted by atomic mass is 9.83. The third-order valence-electron chi connectivity index (χ3n) is 3.99. The van der Waals surface area contributed by atoms with Gasteiger partial charge in [-0.25, -0.2) is 0 Å². The van der Waals surface area contributed by atoms with Crippen LogP contribution in [0.1, 0.15) is 39.9 Å². The summed E-state index contributed by atoms with van der Waals surface area (Å²) in [6.45, 7) is 6.07. The van der Waals surface area contributed by atoms with Crippen molar-refractivity contribution in [3.05, 3.63) is 34.4 Å². The second-order valence-electron chi connectivity index (χ2n) is 5.08. The average molecular weight is 230 g/mol. The van der Waals surface area contributed by atoms with Gasteiger partial charge in [-0.3, -0.25) is 4.79 Å². The molecule has 2 aliphatic heterocycles. The number of carbonyl (C=O) groups excluding carboxylic acids is 1. The number of hydrogen-bond donors (Lipinski definition) is 2. The Hall–Kier alpha value is -1.35. The summed E-state index contributed by atoms with van der Waals surface area (Å²) < 4.78 is 0. The maximum absolute atomic E-state index is 12.1. The van der Waals surface area contributed by atoms with Gasteiger partial charge in [0.15, 0.2) is 0 Å². The predicted molar refractivity (Wildman–Crippen MR) is 67.4 cm³/mol. The number of hydrogen-bond acceptors (Lipinski definition) is 2. The molecular formula is C14H18N2O. The first-order valence-electron chi connectivity index (χ1n) is 6.35. The zero-order valence-electron chi connectivity index (χ0n) is 10.3. The van der Waals surface area contributed by atoms with Crippen molar-refractivity contribution in [2.24, 2.45) is 0 Å². The lowest BCUT2D eigenvalue weighted by Crippen LogP contribution is -2.44. The van der Waals surface area contributed by atoms with Gasteiger partial charge in [0.1, 0.15) is 0 Å². The minimum absolute atomic E-state index is 0.102. The van der Waals surface area contributed by atoms with Gasteiger partial charge in [-0.1, -0.05) is 19.1 Å². The standard InChI is InChI=1S/C14H18N2O/c1-3-9-4-8(2)13-10(5-9)11-6-15-7-12(11)16-14(13)17/h4-5,11-12,15H,3,6-7H2,1-2H3,(H,16,17)/t11-,12+/m0/s1. The van der Waals surface area contributed by atoms with Crippen LogP contribution < -0.4 is 10.6 Å². The van der Waals surface area contributed by atoms with Gasteiger partial charge < -0.3 is 10.6 Å². The summed E-state index contributed by atoms with van der Waals surface area (Å²) in [6, 6.07) is 4.65. The number of nitrogens with one attached hydrogen (secondary N) is 2. The molecule has 1 saturated heterocycles. The summed E-state index contributed by atoms with van der Waals surface area (Å²) in [5.41, 5.74) is 4.61. The fraction of sp³-hybridized carbons (Fsp3) is 0.500. The monoisotopic (exact) mass is 230 g/mol. The number of rotatable bonds is 1. The van der Waals surface area contributed by atoms with E-state index < -0.39 is 0 Å². The second kappa shape index (κ2) is 3.84. The molecule has 1 amide bonds. The summed E-state index contributed by atoms with van der Waals surface area (Å²) >= 11 is 0. The van der Waals surface area contributed by atoms with E-state index in [1.807, 2.05) is 6.92 Å². The first-order chi connectivity index (χ1) is 8.20. The number of carbonyl (C=O) groups is 1. The van der Waals surface area contributed by atoms with E-state index in [2.05, 4.69) is 29.7 Å². The highest BCUT2D eigenvalue weighted by atomic mass is 16.1. The van der Waals surface area contributed by atoms with Gasteiger partial charge in [0.05, 0.1) is 0 Å². The molecule has 0 unspecified atom stereocenters. The highest BCUT2D eigenvalue weighted by Crippen LogP contribution is 2.33. The van der Waals surface area contributed by atoms with Crippen LogP contribution >= 0.6 is 0 Å². The minimum Gasteiger partial charge on any atom is -0.347 e. The van der Waals surface area contributed by atoms with Gasteiger partial charge in [0, 0.05) is 30.6 Å². The van der Waals surface area contributed by atoms with Gasteiger partial charge in [0.2, 0.25) is 0 Å². The Labute approximate surface area is 102 Å². The summed E-state index contributed by atoms with van der Waals surface area (Å²) in [5.74, 6) is 0.554. The molecule has 3 nitrogen and oxygen atoms in total. The zero-order valence-corrected chi connectivity index (χ0v) is 10.3. The normalized spacial score (nSPS) is 26.4. The Bertz CT molecular complexity index is 481. The van der Waals surface area contributed by atoms with E-state index in [1.54, 1.807) is 0 Å². The van der Waals surface area contributed by atoms with Gasteiger partial charge in [-0.15, -0.1) is 0 Å². The molecule has 1 aromatic rings. The lowest BCUT2D eigenvalue weighted by Gasteiger charge is -2.29. The number of aryl methyl sites for hydroxylation is 2. The van der Waals surface area contributed by atoms with Gasteiger partial charge in [0.25, 0.3) is 5.91 Å². The first kappa shape index (κ1) is 10.8. The summed E-state index contributed by atoms with van der Waals surface area (Å²) in [5, 5.41) is 6.48. The van der Waals surface area contributed by atoms with Gasteiger partial charge >= 0.3 is 0 Å². The maximum Gasteiger partial charge on any atom is 0.252 e. The lowest BCUT2D eigenvalue weighted by molar-refractivity contribution is 0.0923. The quantitative estimate of drug-likeness (QED) is 0.764. The predicted octanol–water partition coefficient (Wildman–Crippen LogP) is 1.36. The van der Waals surface area contributed by atoms with Crippen molar-refractivity contribution < 1.29 is 4.79 Å². The molecule has 0 aromatic heterocycles. The SMILES string of the molecule is CCc1cc(C)c2c(c1)[C@@H]1CNC[C@H]1NC2=O. The number of benzene rings is 1. The van der Waals surface area contributed by atoms with E-state index in [1.165, 1.54) is 11.1 Å². The molecule has 0 spiro atoms. The molecule has 2 N–H and O–H groups in total. The molecule has 2 heterocycles. The van der Waals surface area contributed by atoms with Gasteiger partial charge in [-0.05, 0) is 30.0 Å². The Morgan fingerprint density at radius 2 is 2.18 bits per heavy atom. The van der Waals surface area contributed by atoms with Crippen molar-refractivity contribution in [3.63, 3.8) is 0 Å². The summed E-state index contributed by atoms with van der Waals surface area (Å²) in [6.07, 6.45) is 1.03. The van der Waals surface area contributed by atoms with Crippen LogP contribution in [0, 0.1) is 6.92 Å². The van der Waals surface area contributed by atoms with Crippen LogP contribution in [0.25, 0.3) is 0 Å². The summed E-state index contributed by atoms with van der Waals surface area (Å²) in [4.78, 5) is 12.1. The molecular weight excluding hydrogens is 212 g/mol. The highest BCUT2D eigenvalue weighted by molar-refractivity contribution is 5.99. The Morgan fingerprint density at radius 1 is 1.35 bits per heavy atom. The number of fused-ring (bicyclic) bond motifs is 3. The minimum atomic E-state index is 0.102. The molecule has 0 saturated carbocycles. The van der Waals surface area contributed by atoms with Crippen LogP contribution in [0.4, 0.5) is 0 Å². The average Bonchev–Trinajstić information content (AvgIpc) is 2.76. The molecule has 3 rings (SSSR count). The van der Waals surface area contributed by atoms with Crippen LogP contribution in [-0.2, 0) is 6.42 Å². The van der Waals surface area contributed by atoms with E-state index in [4.69, 9.17) is 0 Å². The van der Waals surface area contributed by atoms with Crippen molar-refractivity contribution in [1.29, 1.82) is 0 Å². The molecule has 0 aliphatic carbocycles. The van der Waals surface area contributed by atoms with Crippen molar-refractivity contribution in [2.45, 2.75) is 32.2 Å². The molecule has 2 atom stereocenters. The molecule has 0 radical (unpaired) electrons. The molecule has 1 aromatic carbocycles. The van der Waals surface area contributed by atoms with Crippen LogP contribution in [0.15, 0.2) is 12.1 Å². The van der Waals surface area contributed by atoms with E-state index in [9.17, 15) is 4.79 Å². The van der Waals surface area contributed by atoms with Crippen molar-refractivity contribution in [1.82, 2.24) is 10.6 Å². The highest BCUT2D eigenvalue weighted by Gasteiger charge is 2.37. The molecule has 3 heteroatoms. The van der Waals surface area contributed by atoms with Crippen LogP contribution in [0.3, 0.4) is 0 Å². The fourth-order valence-electron chi connectivity index (χ4n) is 3.10. The Morgan fingerprint density at radius 3 is 2.94 bits per heavy atom. The van der Waals surface area contributed by atoms with Crippen molar-refractivity contribution in [3.8, 4) is 0 Å². The Kier molecular flexibility index (Phi) is 2.44. The van der Waals surface area contributed by atoms with E-state index >= 15 is 0 Å². The van der Waals surface area contributed by atoms with Crippen LogP contribution in [0.5, 0.6) is 0 Å². The number of amides is 1. The van der Waals surface area contributed by atoms with Crippen LogP contribution in [-0.4, -0.2) is 25.0 Å². The molecule has 1 fully saturated rings. The third kappa shape index (κ3) is 1.57. The van der Waals surface area contributed by atoms with E-state index in [0.29, 0.717) is 5.92 Å². The largest absolute Gasteiger partial charge is 0.347 e. The smallest absolute Gasteiger partial charge is 0.252 e. The second-order valence-corrected chi connectivity index (χ2v) is 5.08. The first-order valence-corrected chi connectivity index (χ1v) is 6.35. The molecule has 90 valence electrons. The summed E-state index contributed by atoms with van der Waals surface area (Å²) in [7, 11) is 0. The van der Waals surface area contributed by atoms with E-state index in [0.717, 1.165) is 30.6 Å². The fourth-order valence-corrected chi connectivity index (χ4v) is 3.10. The molecule has 0 bridgehead atoms.